The highest BCUT2D eigenvalue weighted by molar-refractivity contribution is 7.99. The van der Waals surface area contributed by atoms with Gasteiger partial charge in [0, 0.05) is 11.0 Å². The average molecular weight is 323 g/mol. The number of hydrogen-bond acceptors (Lipinski definition) is 3. The predicted molar refractivity (Wildman–Crippen MR) is 76.1 cm³/mol. The molecule has 0 aromatic heterocycles. The fourth-order valence-electron chi connectivity index (χ4n) is 1.42. The van der Waals surface area contributed by atoms with Crippen LogP contribution in [-0.4, -0.2) is 27.4 Å². The van der Waals surface area contributed by atoms with Crippen molar-refractivity contribution in [2.75, 3.05) is 0 Å². The first-order chi connectivity index (χ1) is 8.88. The Kier molecular flexibility index (Phi) is 6.48. The fourth-order valence-corrected chi connectivity index (χ4v) is 2.87. The van der Waals surface area contributed by atoms with Crippen molar-refractivity contribution in [1.82, 2.24) is 0 Å². The minimum atomic E-state index is -1.01. The van der Waals surface area contributed by atoms with Crippen LogP contribution in [0.3, 0.4) is 0 Å². The van der Waals surface area contributed by atoms with Crippen molar-refractivity contribution in [3.63, 3.8) is 0 Å². The molecule has 7 heteroatoms. The highest BCUT2D eigenvalue weighted by atomic mass is 35.5. The molecule has 0 aliphatic carbocycles. The van der Waals surface area contributed by atoms with E-state index in [1.807, 2.05) is 0 Å². The van der Waals surface area contributed by atoms with Gasteiger partial charge in [0.15, 0.2) is 0 Å². The molecule has 4 nitrogen and oxygen atoms in total. The van der Waals surface area contributed by atoms with Crippen molar-refractivity contribution in [3.8, 4) is 0 Å². The second-order valence-electron chi connectivity index (χ2n) is 3.88. The lowest BCUT2D eigenvalue weighted by atomic mass is 10.2. The molecule has 0 aliphatic rings. The molecule has 0 atom stereocenters. The van der Waals surface area contributed by atoms with E-state index in [2.05, 4.69) is 0 Å². The van der Waals surface area contributed by atoms with Gasteiger partial charge in [-0.3, -0.25) is 9.59 Å². The van der Waals surface area contributed by atoms with Gasteiger partial charge in [-0.05, 0) is 17.7 Å². The lowest BCUT2D eigenvalue weighted by Crippen LogP contribution is -2.15. The number of thioether (sulfide) groups is 1. The summed E-state index contributed by atoms with van der Waals surface area (Å²) in [6.07, 6.45) is -0.365. The molecule has 2 N–H and O–H groups in total. The summed E-state index contributed by atoms with van der Waals surface area (Å²) in [6, 6.07) is 5.12. The van der Waals surface area contributed by atoms with Crippen LogP contribution in [0.4, 0.5) is 0 Å². The Bertz CT molecular complexity index is 463. The van der Waals surface area contributed by atoms with E-state index >= 15 is 0 Å². The normalized spacial score (nSPS) is 10.7. The van der Waals surface area contributed by atoms with E-state index in [9.17, 15) is 9.59 Å². The van der Waals surface area contributed by atoms with E-state index < -0.39 is 17.2 Å². The molecule has 0 aliphatic heterocycles. The number of halogens is 2. The molecule has 0 unspecified atom stereocenters. The van der Waals surface area contributed by atoms with Crippen LogP contribution in [0.25, 0.3) is 0 Å². The number of carboxylic acid groups (broad SMARTS) is 2. The summed E-state index contributed by atoms with van der Waals surface area (Å²) >= 11 is 12.9. The van der Waals surface area contributed by atoms with Crippen molar-refractivity contribution >= 4 is 46.9 Å². The second kappa shape index (κ2) is 7.62. The van der Waals surface area contributed by atoms with Crippen LogP contribution in [-0.2, 0) is 15.3 Å². The number of carbonyl (C=O) groups is 2. The van der Waals surface area contributed by atoms with Crippen LogP contribution in [0.5, 0.6) is 0 Å². The van der Waals surface area contributed by atoms with Gasteiger partial charge in [0.05, 0.1) is 22.9 Å². The summed E-state index contributed by atoms with van der Waals surface area (Å²) in [6.45, 7) is 0. The Morgan fingerprint density at radius 1 is 1.11 bits per heavy atom. The maximum atomic E-state index is 10.7. The molecule has 19 heavy (non-hydrogen) atoms. The van der Waals surface area contributed by atoms with Crippen LogP contribution in [0.15, 0.2) is 18.2 Å². The first-order valence-corrected chi connectivity index (χ1v) is 7.18. The first kappa shape index (κ1) is 16.1. The SMILES string of the molecule is O=C(O)CC(CC(=O)O)SCc1ccc(Cl)c(Cl)c1. The fraction of sp³-hybridized carbons (Fsp3) is 0.333. The Labute approximate surface area is 124 Å². The predicted octanol–water partition coefficient (Wildman–Crippen LogP) is 3.54. The molecule has 0 amide bonds. The minimum Gasteiger partial charge on any atom is -0.481 e. The van der Waals surface area contributed by atoms with Crippen LogP contribution in [0.2, 0.25) is 10.0 Å². The smallest absolute Gasteiger partial charge is 0.304 e. The highest BCUT2D eigenvalue weighted by Gasteiger charge is 2.17. The number of carboxylic acids is 2. The zero-order valence-electron chi connectivity index (χ0n) is 9.81. The second-order valence-corrected chi connectivity index (χ2v) is 5.98. The molecule has 0 heterocycles. The van der Waals surface area contributed by atoms with Crippen LogP contribution in [0, 0.1) is 0 Å². The van der Waals surface area contributed by atoms with Crippen LogP contribution < -0.4 is 0 Å². The first-order valence-electron chi connectivity index (χ1n) is 5.37. The summed E-state index contributed by atoms with van der Waals surface area (Å²) in [5.74, 6) is -1.52. The van der Waals surface area contributed by atoms with E-state index in [-0.39, 0.29) is 12.8 Å². The van der Waals surface area contributed by atoms with Gasteiger partial charge < -0.3 is 10.2 Å². The largest absolute Gasteiger partial charge is 0.481 e. The number of benzene rings is 1. The van der Waals surface area contributed by atoms with Gasteiger partial charge in [-0.15, -0.1) is 0 Å². The quantitative estimate of drug-likeness (QED) is 0.803. The van der Waals surface area contributed by atoms with Gasteiger partial charge in [0.25, 0.3) is 0 Å². The molecular weight excluding hydrogens is 311 g/mol. The van der Waals surface area contributed by atoms with E-state index in [0.29, 0.717) is 15.8 Å². The van der Waals surface area contributed by atoms with Gasteiger partial charge in [-0.25, -0.2) is 0 Å². The number of hydrogen-bond donors (Lipinski definition) is 2. The van der Waals surface area contributed by atoms with Crippen molar-refractivity contribution in [2.45, 2.75) is 23.8 Å². The third-order valence-electron chi connectivity index (χ3n) is 2.27. The summed E-state index contributed by atoms with van der Waals surface area (Å²) in [4.78, 5) is 21.3. The van der Waals surface area contributed by atoms with Gasteiger partial charge in [-0.2, -0.15) is 11.8 Å². The third kappa shape index (κ3) is 6.18. The molecule has 0 fully saturated rings. The van der Waals surface area contributed by atoms with Crippen molar-refractivity contribution in [1.29, 1.82) is 0 Å². The third-order valence-corrected chi connectivity index (χ3v) is 4.32. The maximum absolute atomic E-state index is 10.7. The van der Waals surface area contributed by atoms with Crippen molar-refractivity contribution < 1.29 is 19.8 Å². The molecule has 1 rings (SSSR count). The molecule has 0 spiro atoms. The molecule has 1 aromatic carbocycles. The summed E-state index contributed by atoms with van der Waals surface area (Å²) < 4.78 is 0. The monoisotopic (exact) mass is 322 g/mol. The van der Waals surface area contributed by atoms with Crippen molar-refractivity contribution in [2.24, 2.45) is 0 Å². The Morgan fingerprint density at radius 3 is 2.16 bits per heavy atom. The van der Waals surface area contributed by atoms with Crippen LogP contribution in [0.1, 0.15) is 18.4 Å². The Balaban J connectivity index is 2.61. The Morgan fingerprint density at radius 2 is 1.68 bits per heavy atom. The van der Waals surface area contributed by atoms with E-state index in [0.717, 1.165) is 5.56 Å². The van der Waals surface area contributed by atoms with E-state index in [1.54, 1.807) is 18.2 Å². The molecule has 1 aromatic rings. The van der Waals surface area contributed by atoms with Gasteiger partial charge in [0.2, 0.25) is 0 Å². The lowest BCUT2D eigenvalue weighted by Gasteiger charge is -2.12. The summed E-state index contributed by atoms with van der Waals surface area (Å²) in [5, 5.41) is 17.9. The molecule has 0 bridgehead atoms. The molecular formula is C12H12Cl2O4S. The van der Waals surface area contributed by atoms with E-state index in [1.165, 1.54) is 11.8 Å². The van der Waals surface area contributed by atoms with Crippen LogP contribution >= 0.6 is 35.0 Å². The highest BCUT2D eigenvalue weighted by Crippen LogP contribution is 2.27. The summed E-state index contributed by atoms with van der Waals surface area (Å²) in [5.41, 5.74) is 0.875. The molecule has 0 saturated heterocycles. The number of aliphatic carboxylic acids is 2. The lowest BCUT2D eigenvalue weighted by molar-refractivity contribution is -0.138. The topological polar surface area (TPSA) is 74.6 Å². The number of rotatable bonds is 7. The molecule has 104 valence electrons. The van der Waals surface area contributed by atoms with Gasteiger partial charge in [-0.1, -0.05) is 29.3 Å². The zero-order chi connectivity index (χ0) is 14.4. The van der Waals surface area contributed by atoms with Gasteiger partial charge >= 0.3 is 11.9 Å². The Hall–Kier alpha value is -0.910. The molecule has 0 saturated carbocycles. The van der Waals surface area contributed by atoms with Gasteiger partial charge in [0.1, 0.15) is 0 Å². The maximum Gasteiger partial charge on any atom is 0.304 e. The average Bonchev–Trinajstić information content (AvgIpc) is 2.29. The van der Waals surface area contributed by atoms with E-state index in [4.69, 9.17) is 33.4 Å². The minimum absolute atomic E-state index is 0.182. The summed E-state index contributed by atoms with van der Waals surface area (Å²) in [7, 11) is 0. The standard InChI is InChI=1S/C12H12Cl2O4S/c13-9-2-1-7(3-10(9)14)6-19-8(4-11(15)16)5-12(17)18/h1-3,8H,4-6H2,(H,15,16)(H,17,18). The van der Waals surface area contributed by atoms with Crippen molar-refractivity contribution in [3.05, 3.63) is 33.8 Å². The zero-order valence-corrected chi connectivity index (χ0v) is 12.1. The molecule has 0 radical (unpaired) electrons.